The molecule has 0 radical (unpaired) electrons. The van der Waals surface area contributed by atoms with E-state index in [1.807, 2.05) is 0 Å². The van der Waals surface area contributed by atoms with E-state index in [9.17, 15) is 4.79 Å². The van der Waals surface area contributed by atoms with Gasteiger partial charge in [0.25, 0.3) is 0 Å². The Bertz CT molecular complexity index is 384. The van der Waals surface area contributed by atoms with E-state index in [2.05, 4.69) is 5.10 Å². The van der Waals surface area contributed by atoms with Crippen LogP contribution in [0.15, 0.2) is 0 Å². The maximum absolute atomic E-state index is 10.8. The zero-order valence-corrected chi connectivity index (χ0v) is 8.03. The molecule has 0 bridgehead atoms. The highest BCUT2D eigenvalue weighted by Crippen LogP contribution is 2.28. The van der Waals surface area contributed by atoms with E-state index in [1.165, 1.54) is 0 Å². The van der Waals surface area contributed by atoms with Crippen LogP contribution in [-0.4, -0.2) is 20.9 Å². The van der Waals surface area contributed by atoms with E-state index < -0.39 is 5.97 Å². The Balaban J connectivity index is 2.33. The van der Waals surface area contributed by atoms with Crippen molar-refractivity contribution in [2.75, 3.05) is 5.73 Å². The number of aliphatic carboxylic acids is 1. The smallest absolute Gasteiger partial charge is 0.306 e. The number of hydrogen-bond acceptors (Lipinski definition) is 3. The molecule has 0 saturated heterocycles. The van der Waals surface area contributed by atoms with Gasteiger partial charge in [0, 0.05) is 12.6 Å². The van der Waals surface area contributed by atoms with Crippen LogP contribution in [-0.2, 0) is 24.7 Å². The van der Waals surface area contributed by atoms with E-state index in [-0.39, 0.29) is 5.92 Å². The molecular formula is C9H13N3O2. The Kier molecular flexibility index (Phi) is 1.94. The minimum Gasteiger partial charge on any atom is -0.481 e. The number of hydrogen-bond donors (Lipinski definition) is 2. The van der Waals surface area contributed by atoms with Crippen molar-refractivity contribution in [2.24, 2.45) is 13.0 Å². The summed E-state index contributed by atoms with van der Waals surface area (Å²) in [5.41, 5.74) is 7.68. The molecule has 2 rings (SSSR count). The lowest BCUT2D eigenvalue weighted by Gasteiger charge is -2.17. The number of nitrogens with zero attached hydrogens (tertiary/aromatic N) is 2. The first kappa shape index (κ1) is 9.05. The first-order valence-corrected chi connectivity index (χ1v) is 4.62. The molecule has 1 aromatic heterocycles. The lowest BCUT2D eigenvalue weighted by atomic mass is 9.87. The second-order valence-electron chi connectivity index (χ2n) is 3.71. The molecule has 76 valence electrons. The van der Waals surface area contributed by atoms with Crippen LogP contribution in [0.25, 0.3) is 0 Å². The summed E-state index contributed by atoms with van der Waals surface area (Å²) < 4.78 is 1.62. The Labute approximate surface area is 81.5 Å². The number of nitrogen functional groups attached to an aromatic ring is 1. The number of fused-ring (bicyclic) bond motifs is 1. The van der Waals surface area contributed by atoms with Gasteiger partial charge in [0.15, 0.2) is 0 Å². The van der Waals surface area contributed by atoms with Crippen LogP contribution in [0.2, 0.25) is 0 Å². The van der Waals surface area contributed by atoms with Crippen molar-refractivity contribution in [2.45, 2.75) is 19.3 Å². The molecule has 0 saturated carbocycles. The van der Waals surface area contributed by atoms with Gasteiger partial charge >= 0.3 is 5.97 Å². The topological polar surface area (TPSA) is 81.1 Å². The van der Waals surface area contributed by atoms with Crippen LogP contribution < -0.4 is 5.73 Å². The van der Waals surface area contributed by atoms with Crippen molar-refractivity contribution in [1.82, 2.24) is 9.78 Å². The minimum absolute atomic E-state index is 0.297. The second-order valence-corrected chi connectivity index (χ2v) is 3.71. The molecule has 5 nitrogen and oxygen atoms in total. The summed E-state index contributed by atoms with van der Waals surface area (Å²) in [6.45, 7) is 0. The Hall–Kier alpha value is -1.52. The number of aryl methyl sites for hydroxylation is 2. The van der Waals surface area contributed by atoms with Crippen molar-refractivity contribution in [3.8, 4) is 0 Å². The summed E-state index contributed by atoms with van der Waals surface area (Å²) in [5.74, 6) is -0.432. The first-order valence-electron chi connectivity index (χ1n) is 4.62. The Morgan fingerprint density at radius 3 is 3.07 bits per heavy atom. The molecule has 0 aromatic carbocycles. The number of rotatable bonds is 1. The largest absolute Gasteiger partial charge is 0.481 e. The summed E-state index contributed by atoms with van der Waals surface area (Å²) in [5, 5.41) is 13.1. The van der Waals surface area contributed by atoms with Crippen molar-refractivity contribution < 1.29 is 9.90 Å². The molecule has 5 heteroatoms. The van der Waals surface area contributed by atoms with E-state index >= 15 is 0 Å². The second kappa shape index (κ2) is 3.01. The van der Waals surface area contributed by atoms with Crippen LogP contribution in [0.1, 0.15) is 17.7 Å². The summed E-state index contributed by atoms with van der Waals surface area (Å²) in [6.07, 6.45) is 1.90. The SMILES string of the molecule is Cn1nc2c(c1N)CC(C(=O)O)CC2. The number of carboxylic acids is 1. The number of nitrogens with two attached hydrogens (primary N) is 1. The van der Waals surface area contributed by atoms with Gasteiger partial charge in [-0.15, -0.1) is 0 Å². The van der Waals surface area contributed by atoms with E-state index in [4.69, 9.17) is 10.8 Å². The van der Waals surface area contributed by atoms with Crippen molar-refractivity contribution in [3.05, 3.63) is 11.3 Å². The summed E-state index contributed by atoms with van der Waals surface area (Å²) in [7, 11) is 1.78. The number of carboxylic acid groups (broad SMARTS) is 1. The Morgan fingerprint density at radius 2 is 2.43 bits per heavy atom. The van der Waals surface area contributed by atoms with Gasteiger partial charge in [-0.3, -0.25) is 9.48 Å². The van der Waals surface area contributed by atoms with E-state index in [0.717, 1.165) is 17.7 Å². The number of anilines is 1. The predicted octanol–water partition coefficient (Wildman–Crippen LogP) is 0.192. The molecule has 1 aliphatic carbocycles. The molecule has 1 heterocycles. The van der Waals surface area contributed by atoms with Crippen LogP contribution >= 0.6 is 0 Å². The molecule has 3 N–H and O–H groups in total. The fourth-order valence-corrected chi connectivity index (χ4v) is 1.93. The quantitative estimate of drug-likeness (QED) is 0.670. The first-order chi connectivity index (χ1) is 6.59. The number of carbonyl (C=O) groups is 1. The van der Waals surface area contributed by atoms with Gasteiger partial charge in [-0.05, 0) is 19.3 Å². The molecule has 1 atom stereocenters. The highest BCUT2D eigenvalue weighted by atomic mass is 16.4. The predicted molar refractivity (Wildman–Crippen MR) is 50.8 cm³/mol. The summed E-state index contributed by atoms with van der Waals surface area (Å²) >= 11 is 0. The van der Waals surface area contributed by atoms with Gasteiger partial charge < -0.3 is 10.8 Å². The lowest BCUT2D eigenvalue weighted by molar-refractivity contribution is -0.142. The van der Waals surface area contributed by atoms with Crippen LogP contribution in [0.5, 0.6) is 0 Å². The van der Waals surface area contributed by atoms with E-state index in [1.54, 1.807) is 11.7 Å². The zero-order chi connectivity index (χ0) is 10.3. The summed E-state index contributed by atoms with van der Waals surface area (Å²) in [4.78, 5) is 10.8. The van der Waals surface area contributed by atoms with Gasteiger partial charge in [0.2, 0.25) is 0 Å². The molecule has 1 aromatic rings. The minimum atomic E-state index is -0.737. The van der Waals surface area contributed by atoms with Crippen molar-refractivity contribution in [3.63, 3.8) is 0 Å². The molecule has 1 aliphatic rings. The molecule has 0 amide bonds. The third kappa shape index (κ3) is 1.25. The fourth-order valence-electron chi connectivity index (χ4n) is 1.93. The molecular weight excluding hydrogens is 182 g/mol. The molecule has 0 aliphatic heterocycles. The van der Waals surface area contributed by atoms with Crippen molar-refractivity contribution >= 4 is 11.8 Å². The summed E-state index contributed by atoms with van der Waals surface area (Å²) in [6, 6.07) is 0. The van der Waals surface area contributed by atoms with Gasteiger partial charge in [0.1, 0.15) is 5.82 Å². The average molecular weight is 195 g/mol. The molecule has 0 fully saturated rings. The van der Waals surface area contributed by atoms with Gasteiger partial charge in [0.05, 0.1) is 11.6 Å². The normalized spacial score (nSPS) is 20.5. The third-order valence-electron chi connectivity index (χ3n) is 2.81. The van der Waals surface area contributed by atoms with Gasteiger partial charge in [-0.25, -0.2) is 0 Å². The zero-order valence-electron chi connectivity index (χ0n) is 8.03. The van der Waals surface area contributed by atoms with Crippen LogP contribution in [0.3, 0.4) is 0 Å². The monoisotopic (exact) mass is 195 g/mol. The van der Waals surface area contributed by atoms with E-state index in [0.29, 0.717) is 18.7 Å². The Morgan fingerprint density at radius 1 is 1.71 bits per heavy atom. The highest BCUT2D eigenvalue weighted by Gasteiger charge is 2.28. The number of aromatic nitrogens is 2. The van der Waals surface area contributed by atoms with Gasteiger partial charge in [-0.2, -0.15) is 5.10 Å². The van der Waals surface area contributed by atoms with Crippen molar-refractivity contribution in [1.29, 1.82) is 0 Å². The standard InChI is InChI=1S/C9H13N3O2/c1-12-8(10)6-4-5(9(13)14)2-3-7(6)11-12/h5H,2-4,10H2,1H3,(H,13,14). The molecule has 14 heavy (non-hydrogen) atoms. The van der Waals surface area contributed by atoms with Crippen LogP contribution in [0.4, 0.5) is 5.82 Å². The maximum Gasteiger partial charge on any atom is 0.306 e. The third-order valence-corrected chi connectivity index (χ3v) is 2.81. The maximum atomic E-state index is 10.8. The molecule has 1 unspecified atom stereocenters. The van der Waals surface area contributed by atoms with Gasteiger partial charge in [-0.1, -0.05) is 0 Å². The average Bonchev–Trinajstić information content (AvgIpc) is 2.43. The highest BCUT2D eigenvalue weighted by molar-refractivity contribution is 5.71. The molecule has 0 spiro atoms. The van der Waals surface area contributed by atoms with Crippen LogP contribution in [0, 0.1) is 5.92 Å². The fraction of sp³-hybridized carbons (Fsp3) is 0.556. The lowest BCUT2D eigenvalue weighted by Crippen LogP contribution is -2.22.